The summed E-state index contributed by atoms with van der Waals surface area (Å²) in [5, 5.41) is 0. The van der Waals surface area contributed by atoms with E-state index in [0.29, 0.717) is 36.4 Å². The first kappa shape index (κ1) is 27.5. The molecule has 3 aromatic rings. The first-order valence-corrected chi connectivity index (χ1v) is 13.4. The van der Waals surface area contributed by atoms with E-state index >= 15 is 0 Å². The van der Waals surface area contributed by atoms with Gasteiger partial charge < -0.3 is 14.2 Å². The van der Waals surface area contributed by atoms with Crippen LogP contribution in [0, 0.1) is 5.82 Å². The largest absolute Gasteiger partial charge is 0.481 e. The van der Waals surface area contributed by atoms with Crippen molar-refractivity contribution in [1.82, 2.24) is 4.57 Å². The Labute approximate surface area is 229 Å². The minimum Gasteiger partial charge on any atom is -0.481 e. The van der Waals surface area contributed by atoms with E-state index in [-0.39, 0.29) is 31.0 Å². The molecule has 11 heteroatoms. The van der Waals surface area contributed by atoms with E-state index in [4.69, 9.17) is 14.2 Å². The highest BCUT2D eigenvalue weighted by atomic mass is 79.9. The average Bonchev–Trinajstić information content (AvgIpc) is 3.17. The Balaban J connectivity index is 1.76. The van der Waals surface area contributed by atoms with Gasteiger partial charge in [-0.25, -0.2) is 19.0 Å². The molecule has 0 bridgehead atoms. The van der Waals surface area contributed by atoms with E-state index in [1.165, 1.54) is 28.0 Å². The molecule has 2 aromatic carbocycles. The lowest BCUT2D eigenvalue weighted by Gasteiger charge is -2.24. The fourth-order valence-corrected chi connectivity index (χ4v) is 5.52. The number of carbonyl (C=O) groups excluding carboxylic acids is 2. The number of hydrogen-bond donors (Lipinski definition) is 0. The van der Waals surface area contributed by atoms with Gasteiger partial charge in [0.1, 0.15) is 11.6 Å². The normalized spacial score (nSPS) is 15.1. The molecule has 0 unspecified atom stereocenters. The third-order valence-corrected chi connectivity index (χ3v) is 7.21. The Morgan fingerprint density at radius 1 is 1.13 bits per heavy atom. The van der Waals surface area contributed by atoms with Crippen LogP contribution in [-0.2, 0) is 19.1 Å². The molecular weight excluding hydrogens is 579 g/mol. The quantitative estimate of drug-likeness (QED) is 0.365. The summed E-state index contributed by atoms with van der Waals surface area (Å²) < 4.78 is 31.7. The Bertz CT molecular complexity index is 1590. The van der Waals surface area contributed by atoms with Crippen molar-refractivity contribution in [2.75, 3.05) is 19.8 Å². The molecule has 0 saturated heterocycles. The molecule has 8 nitrogen and oxygen atoms in total. The Morgan fingerprint density at radius 2 is 1.84 bits per heavy atom. The monoisotopic (exact) mass is 602 g/mol. The number of hydrogen-bond acceptors (Lipinski definition) is 8. The number of ether oxygens (including phenoxy) is 3. The van der Waals surface area contributed by atoms with Crippen LogP contribution < -0.4 is 19.6 Å². The predicted molar refractivity (Wildman–Crippen MR) is 143 cm³/mol. The zero-order valence-electron chi connectivity index (χ0n) is 20.8. The molecule has 0 spiro atoms. The smallest absolute Gasteiger partial charge is 0.344 e. The van der Waals surface area contributed by atoms with Crippen LogP contribution in [-0.4, -0.2) is 36.3 Å². The van der Waals surface area contributed by atoms with Gasteiger partial charge in [-0.15, -0.1) is 0 Å². The first-order chi connectivity index (χ1) is 18.2. The van der Waals surface area contributed by atoms with Crippen molar-refractivity contribution in [1.29, 1.82) is 0 Å². The minimum atomic E-state index is -0.821. The number of thiazole rings is 1. The molecule has 1 atom stereocenters. The second-order valence-corrected chi connectivity index (χ2v) is 10.0. The summed E-state index contributed by atoms with van der Waals surface area (Å²) in [6, 6.07) is 10.0. The molecule has 0 aliphatic carbocycles. The summed E-state index contributed by atoms with van der Waals surface area (Å²) in [4.78, 5) is 43.1. The standard InChI is InChI=1S/C27H24BrFN2O6S/c1-4-35-22(32)14-37-20-11-6-16(12-19(20)28)13-21-25(33)31-24(17-7-9-18(29)10-8-17)23(26(34)36-5-2)15(3)30-27(31)38-21/h6-13,24H,4-5,14H2,1-3H3/b21-13-/t24-/m0/s1. The molecule has 0 radical (unpaired) electrons. The number of aromatic nitrogens is 1. The fraction of sp³-hybridized carbons (Fsp3) is 0.259. The van der Waals surface area contributed by atoms with Gasteiger partial charge in [0.05, 0.1) is 39.5 Å². The number of nitrogens with zero attached hydrogens (tertiary/aromatic N) is 2. The SMILES string of the molecule is CCOC(=O)COc1ccc(/C=c2\sc3n(c2=O)[C@@H](c2ccc(F)cc2)C(C(=O)OCC)=C(C)N=3)cc1Br. The molecule has 2 heterocycles. The number of halogens is 2. The van der Waals surface area contributed by atoms with Crippen molar-refractivity contribution < 1.29 is 28.2 Å². The zero-order valence-corrected chi connectivity index (χ0v) is 23.2. The molecular formula is C27H24BrFN2O6S. The van der Waals surface area contributed by atoms with E-state index in [2.05, 4.69) is 20.9 Å². The highest BCUT2D eigenvalue weighted by Gasteiger charge is 2.33. The number of rotatable bonds is 8. The van der Waals surface area contributed by atoms with Gasteiger partial charge in [-0.05, 0) is 78.2 Å². The van der Waals surface area contributed by atoms with Crippen LogP contribution in [0.1, 0.15) is 37.9 Å². The number of fused-ring (bicyclic) bond motifs is 1. The molecule has 0 N–H and O–H groups in total. The van der Waals surface area contributed by atoms with Gasteiger partial charge in [0, 0.05) is 0 Å². The predicted octanol–water partition coefficient (Wildman–Crippen LogP) is 3.64. The van der Waals surface area contributed by atoms with E-state index in [1.807, 2.05) is 0 Å². The van der Waals surface area contributed by atoms with Crippen molar-refractivity contribution in [3.05, 3.63) is 94.8 Å². The molecule has 0 amide bonds. The topological polar surface area (TPSA) is 96.2 Å². The third-order valence-electron chi connectivity index (χ3n) is 5.61. The van der Waals surface area contributed by atoms with Crippen LogP contribution in [0.25, 0.3) is 6.08 Å². The Kier molecular flexibility index (Phi) is 8.58. The van der Waals surface area contributed by atoms with E-state index < -0.39 is 23.8 Å². The van der Waals surface area contributed by atoms with Crippen LogP contribution in [0.5, 0.6) is 5.75 Å². The number of esters is 2. The van der Waals surface area contributed by atoms with Crippen LogP contribution in [0.2, 0.25) is 0 Å². The molecule has 0 saturated carbocycles. The summed E-state index contributed by atoms with van der Waals surface area (Å²) in [7, 11) is 0. The van der Waals surface area contributed by atoms with E-state index in [9.17, 15) is 18.8 Å². The molecule has 1 aliphatic heterocycles. The van der Waals surface area contributed by atoms with E-state index in [1.54, 1.807) is 57.2 Å². The molecule has 38 heavy (non-hydrogen) atoms. The summed E-state index contributed by atoms with van der Waals surface area (Å²) in [5.74, 6) is -1.04. The fourth-order valence-electron chi connectivity index (χ4n) is 3.97. The maximum Gasteiger partial charge on any atom is 0.344 e. The highest BCUT2D eigenvalue weighted by molar-refractivity contribution is 9.10. The second kappa shape index (κ2) is 11.9. The third kappa shape index (κ3) is 5.78. The van der Waals surface area contributed by atoms with Gasteiger partial charge in [0.15, 0.2) is 11.4 Å². The van der Waals surface area contributed by atoms with Gasteiger partial charge in [-0.3, -0.25) is 9.36 Å². The lowest BCUT2D eigenvalue weighted by Crippen LogP contribution is -2.39. The minimum absolute atomic E-state index is 0.157. The van der Waals surface area contributed by atoms with Crippen molar-refractivity contribution in [3.8, 4) is 5.75 Å². The maximum atomic E-state index is 13.7. The number of carbonyl (C=O) groups is 2. The van der Waals surface area contributed by atoms with Crippen LogP contribution >= 0.6 is 27.3 Å². The summed E-state index contributed by atoms with van der Waals surface area (Å²) in [6.45, 7) is 5.30. The molecule has 198 valence electrons. The number of benzene rings is 2. The summed E-state index contributed by atoms with van der Waals surface area (Å²) in [5.41, 5.74) is 1.56. The Morgan fingerprint density at radius 3 is 2.50 bits per heavy atom. The van der Waals surface area contributed by atoms with Crippen molar-refractivity contribution in [3.63, 3.8) is 0 Å². The van der Waals surface area contributed by atoms with Crippen molar-refractivity contribution in [2.45, 2.75) is 26.8 Å². The maximum absolute atomic E-state index is 13.7. The lowest BCUT2D eigenvalue weighted by molar-refractivity contribution is -0.145. The average molecular weight is 603 g/mol. The molecule has 0 fully saturated rings. The van der Waals surface area contributed by atoms with E-state index in [0.717, 1.165) is 0 Å². The highest BCUT2D eigenvalue weighted by Crippen LogP contribution is 2.31. The molecule has 1 aliphatic rings. The van der Waals surface area contributed by atoms with Gasteiger partial charge >= 0.3 is 11.9 Å². The van der Waals surface area contributed by atoms with Crippen molar-refractivity contribution in [2.24, 2.45) is 4.99 Å². The number of allylic oxidation sites excluding steroid dienone is 1. The second-order valence-electron chi connectivity index (χ2n) is 8.14. The Hall–Kier alpha value is -3.57. The van der Waals surface area contributed by atoms with Gasteiger partial charge in [-0.1, -0.05) is 29.5 Å². The van der Waals surface area contributed by atoms with Crippen LogP contribution in [0.3, 0.4) is 0 Å². The van der Waals surface area contributed by atoms with Gasteiger partial charge in [0.2, 0.25) is 0 Å². The zero-order chi connectivity index (χ0) is 27.4. The summed E-state index contributed by atoms with van der Waals surface area (Å²) in [6.07, 6.45) is 1.70. The first-order valence-electron chi connectivity index (χ1n) is 11.8. The summed E-state index contributed by atoms with van der Waals surface area (Å²) >= 11 is 4.61. The van der Waals surface area contributed by atoms with Gasteiger partial charge in [-0.2, -0.15) is 0 Å². The van der Waals surface area contributed by atoms with Gasteiger partial charge in [0.25, 0.3) is 5.56 Å². The van der Waals surface area contributed by atoms with Crippen LogP contribution in [0.4, 0.5) is 4.39 Å². The van der Waals surface area contributed by atoms with Crippen molar-refractivity contribution >= 4 is 45.3 Å². The molecule has 4 rings (SSSR count). The lowest BCUT2D eigenvalue weighted by atomic mass is 9.96. The van der Waals surface area contributed by atoms with Crippen LogP contribution in [0.15, 0.2) is 68.0 Å². The molecule has 1 aromatic heterocycles.